The van der Waals surface area contributed by atoms with E-state index in [9.17, 15) is 0 Å². The molecule has 8 aromatic carbocycles. The molecule has 0 unspecified atom stereocenters. The number of rotatable bonds is 3. The molecule has 10 rings (SSSR count). The van der Waals surface area contributed by atoms with Gasteiger partial charge in [-0.05, 0) is 128 Å². The number of para-hydroxylation sites is 1. The predicted molar refractivity (Wildman–Crippen MR) is 241 cm³/mol. The van der Waals surface area contributed by atoms with Crippen molar-refractivity contribution in [1.82, 2.24) is 4.57 Å². The van der Waals surface area contributed by atoms with Crippen molar-refractivity contribution in [2.24, 2.45) is 0 Å². The number of aromatic nitrogens is 1. The summed E-state index contributed by atoms with van der Waals surface area (Å²) in [6.45, 7) is 0. The van der Waals surface area contributed by atoms with E-state index in [-0.39, 0.29) is 0 Å². The van der Waals surface area contributed by atoms with Crippen LogP contribution in [-0.4, -0.2) is 4.57 Å². The smallest absolute Gasteiger partial charge is 0.0552 e. The van der Waals surface area contributed by atoms with Crippen LogP contribution in [0.4, 0.5) is 0 Å². The molecule has 0 atom stereocenters. The van der Waals surface area contributed by atoms with E-state index in [1.54, 1.807) is 0 Å². The molecule has 0 fully saturated rings. The molecule has 1 aliphatic carbocycles. The lowest BCUT2D eigenvalue weighted by Gasteiger charge is -2.09. The number of benzene rings is 8. The molecular weight excluding hydrogens is 889 g/mol. The van der Waals surface area contributed by atoms with Gasteiger partial charge in [-0.1, -0.05) is 171 Å². The van der Waals surface area contributed by atoms with Gasteiger partial charge in [-0.15, -0.1) is 0 Å². The Kier molecular flexibility index (Phi) is 10.7. The largest absolute Gasteiger partial charge is 0.309 e. The second kappa shape index (κ2) is 16.1. The van der Waals surface area contributed by atoms with Gasteiger partial charge in [0.1, 0.15) is 0 Å². The Balaban J connectivity index is 0.000000125. The van der Waals surface area contributed by atoms with Crippen LogP contribution in [0.15, 0.2) is 203 Å². The molecule has 0 aliphatic heterocycles. The zero-order valence-electron chi connectivity index (χ0n) is 28.8. The molecule has 0 saturated heterocycles. The van der Waals surface area contributed by atoms with Gasteiger partial charge in [0.25, 0.3) is 0 Å². The topological polar surface area (TPSA) is 4.93 Å². The first-order valence-electron chi connectivity index (χ1n) is 17.5. The van der Waals surface area contributed by atoms with Gasteiger partial charge in [0.15, 0.2) is 0 Å². The van der Waals surface area contributed by atoms with Crippen LogP contribution in [0.3, 0.4) is 0 Å². The maximum Gasteiger partial charge on any atom is 0.0552 e. The molecular formula is C49H34Br2IN. The minimum atomic E-state index is 1.07. The zero-order valence-corrected chi connectivity index (χ0v) is 34.1. The third-order valence-electron chi connectivity index (χ3n) is 9.58. The molecule has 0 radical (unpaired) electrons. The molecule has 4 heteroatoms. The third kappa shape index (κ3) is 7.82. The van der Waals surface area contributed by atoms with Crippen LogP contribution < -0.4 is 0 Å². The molecule has 1 heterocycles. The monoisotopic (exact) mass is 921 g/mol. The van der Waals surface area contributed by atoms with Gasteiger partial charge < -0.3 is 4.57 Å². The first-order chi connectivity index (χ1) is 26.0. The van der Waals surface area contributed by atoms with Crippen LogP contribution in [0.1, 0.15) is 11.1 Å². The fourth-order valence-electron chi connectivity index (χ4n) is 7.04. The third-order valence-corrected chi connectivity index (χ3v) is 11.3. The highest BCUT2D eigenvalue weighted by atomic mass is 127. The van der Waals surface area contributed by atoms with Crippen molar-refractivity contribution in [1.29, 1.82) is 0 Å². The lowest BCUT2D eigenvalue weighted by molar-refractivity contribution is 1.18. The minimum absolute atomic E-state index is 1.07. The van der Waals surface area contributed by atoms with Crippen LogP contribution in [-0.2, 0) is 6.42 Å². The van der Waals surface area contributed by atoms with Crippen molar-refractivity contribution in [3.8, 4) is 39.1 Å². The van der Waals surface area contributed by atoms with Gasteiger partial charge in [0.2, 0.25) is 0 Å². The lowest BCUT2D eigenvalue weighted by atomic mass is 10.1. The molecule has 256 valence electrons. The number of halogens is 3. The van der Waals surface area contributed by atoms with Gasteiger partial charge in [0, 0.05) is 29.0 Å². The number of fused-ring (bicyclic) bond motifs is 6. The summed E-state index contributed by atoms with van der Waals surface area (Å²) < 4.78 is 5.88. The van der Waals surface area contributed by atoms with Crippen molar-refractivity contribution in [2.75, 3.05) is 0 Å². The summed E-state index contributed by atoms with van der Waals surface area (Å²) in [6, 6.07) is 68.5. The molecule has 0 spiro atoms. The second-order valence-corrected chi connectivity index (χ2v) is 16.0. The summed E-state index contributed by atoms with van der Waals surface area (Å²) in [5, 5.41) is 2.55. The van der Waals surface area contributed by atoms with Gasteiger partial charge in [-0.2, -0.15) is 0 Å². The molecule has 1 aromatic heterocycles. The summed E-state index contributed by atoms with van der Waals surface area (Å²) in [4.78, 5) is 0. The molecule has 1 aliphatic rings. The van der Waals surface area contributed by atoms with Crippen molar-refractivity contribution in [3.63, 3.8) is 0 Å². The van der Waals surface area contributed by atoms with Crippen molar-refractivity contribution in [3.05, 3.63) is 218 Å². The SMILES string of the molecule is Brc1ccc2c(c1)Cc1ccccc1-2.Brc1ccc2c3ccccc3n(-c3ccc(-c4ccccc4)cc3)c2c1.Ic1ccc(-c2ccccc2)cc1. The van der Waals surface area contributed by atoms with Crippen molar-refractivity contribution >= 4 is 76.3 Å². The van der Waals surface area contributed by atoms with E-state index in [2.05, 4.69) is 241 Å². The number of hydrogen-bond donors (Lipinski definition) is 0. The Morgan fingerprint density at radius 1 is 0.396 bits per heavy atom. The Bertz CT molecular complexity index is 2650. The second-order valence-electron chi connectivity index (χ2n) is 12.9. The van der Waals surface area contributed by atoms with Crippen LogP contribution >= 0.6 is 54.5 Å². The summed E-state index contributed by atoms with van der Waals surface area (Å²) >= 11 is 9.45. The number of hydrogen-bond acceptors (Lipinski definition) is 0. The fraction of sp³-hybridized carbons (Fsp3) is 0.0204. The van der Waals surface area contributed by atoms with Gasteiger partial charge >= 0.3 is 0 Å². The Hall–Kier alpha value is -4.75. The van der Waals surface area contributed by atoms with E-state index in [1.807, 2.05) is 12.1 Å². The quantitative estimate of drug-likeness (QED) is 0.156. The van der Waals surface area contributed by atoms with Crippen molar-refractivity contribution in [2.45, 2.75) is 6.42 Å². The first-order valence-corrected chi connectivity index (χ1v) is 20.2. The first kappa shape index (κ1) is 35.3. The molecule has 0 saturated carbocycles. The van der Waals surface area contributed by atoms with Gasteiger partial charge in [-0.25, -0.2) is 0 Å². The van der Waals surface area contributed by atoms with Gasteiger partial charge in [-0.3, -0.25) is 0 Å². The maximum atomic E-state index is 3.63. The zero-order chi connectivity index (χ0) is 36.1. The Morgan fingerprint density at radius 3 is 1.60 bits per heavy atom. The average Bonchev–Trinajstić information content (AvgIpc) is 3.74. The molecule has 0 bridgehead atoms. The van der Waals surface area contributed by atoms with E-state index < -0.39 is 0 Å². The predicted octanol–water partition coefficient (Wildman–Crippen LogP) is 15.2. The average molecular weight is 924 g/mol. The van der Waals surface area contributed by atoms with E-state index in [1.165, 1.54) is 80.0 Å². The lowest BCUT2D eigenvalue weighted by Crippen LogP contribution is -1.93. The summed E-state index contributed by atoms with van der Waals surface area (Å²) in [7, 11) is 0. The van der Waals surface area contributed by atoms with E-state index in [4.69, 9.17) is 0 Å². The molecule has 0 amide bonds. The normalized spacial score (nSPS) is 11.2. The highest BCUT2D eigenvalue weighted by Crippen LogP contribution is 2.38. The van der Waals surface area contributed by atoms with E-state index >= 15 is 0 Å². The summed E-state index contributed by atoms with van der Waals surface area (Å²) in [5.74, 6) is 0. The maximum absolute atomic E-state index is 3.63. The van der Waals surface area contributed by atoms with Crippen LogP contribution in [0.25, 0.3) is 60.9 Å². The summed E-state index contributed by atoms with van der Waals surface area (Å²) in [6.07, 6.45) is 1.07. The van der Waals surface area contributed by atoms with Gasteiger partial charge in [0.05, 0.1) is 11.0 Å². The number of nitrogens with zero attached hydrogens (tertiary/aromatic N) is 1. The van der Waals surface area contributed by atoms with Crippen LogP contribution in [0.5, 0.6) is 0 Å². The van der Waals surface area contributed by atoms with E-state index in [0.717, 1.165) is 10.9 Å². The highest BCUT2D eigenvalue weighted by Gasteiger charge is 2.17. The fourth-order valence-corrected chi connectivity index (χ4v) is 8.16. The molecule has 53 heavy (non-hydrogen) atoms. The molecule has 0 N–H and O–H groups in total. The van der Waals surface area contributed by atoms with Crippen LogP contribution in [0, 0.1) is 3.57 Å². The van der Waals surface area contributed by atoms with Crippen molar-refractivity contribution < 1.29 is 0 Å². The van der Waals surface area contributed by atoms with Crippen LogP contribution in [0.2, 0.25) is 0 Å². The Labute approximate surface area is 341 Å². The molecule has 9 aromatic rings. The highest BCUT2D eigenvalue weighted by molar-refractivity contribution is 14.1. The minimum Gasteiger partial charge on any atom is -0.309 e. The van der Waals surface area contributed by atoms with E-state index in [0.29, 0.717) is 0 Å². The summed E-state index contributed by atoms with van der Waals surface area (Å²) in [5.41, 5.74) is 14.3. The standard InChI is InChI=1S/C24H16BrN.C13H9Br.C12H9I/c25-19-12-15-22-21-8-4-5-9-23(21)26(24(22)16-19)20-13-10-18(11-14-20)17-6-2-1-3-7-17;14-11-5-6-13-10(8-11)7-9-3-1-2-4-12(9)13;13-12-8-6-11(7-9-12)10-4-2-1-3-5-10/h1-16H;1-6,8H,7H2;1-9H. The Morgan fingerprint density at radius 2 is 0.906 bits per heavy atom. The molecule has 1 nitrogen and oxygen atoms in total.